The second kappa shape index (κ2) is 9.73. The van der Waals surface area contributed by atoms with Gasteiger partial charge < -0.3 is 10.1 Å². The van der Waals surface area contributed by atoms with E-state index in [9.17, 15) is 13.2 Å². The maximum atomic E-state index is 12.5. The van der Waals surface area contributed by atoms with Gasteiger partial charge in [-0.1, -0.05) is 29.3 Å². The standard InChI is InChI=1S/C19H23ClN2O4S/c1-3-26-12-4-11-21-19(23)17-13-15(7-10-18(17)20)22-27(24,25)16-8-5-14(2)6-9-16/h5-10,13,22H,3-4,11-12H2,1-2H3,(H,21,23). The van der Waals surface area contributed by atoms with Crippen molar-refractivity contribution in [2.45, 2.75) is 25.2 Å². The fraction of sp³-hybridized carbons (Fsp3) is 0.316. The number of rotatable bonds is 9. The van der Waals surface area contributed by atoms with Crippen LogP contribution in [0, 0.1) is 6.92 Å². The third kappa shape index (κ3) is 6.23. The van der Waals surface area contributed by atoms with Crippen LogP contribution in [0.2, 0.25) is 5.02 Å². The number of anilines is 1. The van der Waals surface area contributed by atoms with Crippen molar-refractivity contribution in [3.63, 3.8) is 0 Å². The Balaban J connectivity index is 2.09. The Hall–Kier alpha value is -2.09. The highest BCUT2D eigenvalue weighted by atomic mass is 35.5. The fourth-order valence-electron chi connectivity index (χ4n) is 2.31. The molecule has 0 saturated carbocycles. The lowest BCUT2D eigenvalue weighted by Crippen LogP contribution is -2.25. The van der Waals surface area contributed by atoms with Gasteiger partial charge in [0.2, 0.25) is 0 Å². The molecule has 1 amide bonds. The molecule has 0 aliphatic heterocycles. The highest BCUT2D eigenvalue weighted by Gasteiger charge is 2.16. The Bertz CT molecular complexity index is 883. The molecule has 0 unspecified atom stereocenters. The molecule has 0 bridgehead atoms. The quantitative estimate of drug-likeness (QED) is 0.618. The number of amides is 1. The van der Waals surface area contributed by atoms with Crippen LogP contribution in [0.4, 0.5) is 5.69 Å². The third-order valence-corrected chi connectivity index (χ3v) is 5.48. The van der Waals surface area contributed by atoms with Crippen molar-refractivity contribution < 1.29 is 17.9 Å². The molecule has 0 heterocycles. The minimum absolute atomic E-state index is 0.143. The van der Waals surface area contributed by atoms with Crippen LogP contribution in [0.3, 0.4) is 0 Å². The first kappa shape index (κ1) is 21.2. The van der Waals surface area contributed by atoms with Crippen molar-refractivity contribution in [2.75, 3.05) is 24.5 Å². The maximum absolute atomic E-state index is 12.5. The fourth-order valence-corrected chi connectivity index (χ4v) is 3.56. The first-order valence-corrected chi connectivity index (χ1v) is 10.4. The SMILES string of the molecule is CCOCCCNC(=O)c1cc(NS(=O)(=O)c2ccc(C)cc2)ccc1Cl. The molecule has 0 atom stereocenters. The van der Waals surface area contributed by atoms with Gasteiger partial charge in [0.25, 0.3) is 15.9 Å². The number of hydrogen-bond donors (Lipinski definition) is 2. The van der Waals surface area contributed by atoms with Crippen LogP contribution in [0.5, 0.6) is 0 Å². The summed E-state index contributed by atoms with van der Waals surface area (Å²) < 4.78 is 32.7. The predicted octanol–water partition coefficient (Wildman–Crippen LogP) is 3.61. The van der Waals surface area contributed by atoms with E-state index in [-0.39, 0.29) is 27.1 Å². The first-order valence-electron chi connectivity index (χ1n) is 8.58. The number of carbonyl (C=O) groups excluding carboxylic acids is 1. The van der Waals surface area contributed by atoms with Gasteiger partial charge in [0.05, 0.1) is 15.5 Å². The van der Waals surface area contributed by atoms with Crippen molar-refractivity contribution in [3.05, 3.63) is 58.6 Å². The van der Waals surface area contributed by atoms with Crippen molar-refractivity contribution in [1.82, 2.24) is 5.32 Å². The lowest BCUT2D eigenvalue weighted by Gasteiger charge is -2.11. The van der Waals surface area contributed by atoms with E-state index < -0.39 is 10.0 Å². The van der Waals surface area contributed by atoms with Gasteiger partial charge in [-0.25, -0.2) is 8.42 Å². The molecule has 0 aromatic heterocycles. The molecule has 8 heteroatoms. The second-order valence-electron chi connectivity index (χ2n) is 5.92. The normalized spacial score (nSPS) is 11.2. The number of carbonyl (C=O) groups is 1. The first-order chi connectivity index (χ1) is 12.8. The average Bonchev–Trinajstić information content (AvgIpc) is 2.63. The molecule has 0 aliphatic carbocycles. The van der Waals surface area contributed by atoms with Gasteiger partial charge in [-0.05, 0) is 50.6 Å². The summed E-state index contributed by atoms with van der Waals surface area (Å²) in [7, 11) is -3.75. The van der Waals surface area contributed by atoms with Crippen molar-refractivity contribution >= 4 is 33.2 Å². The number of ether oxygens (including phenoxy) is 1. The average molecular weight is 411 g/mol. The Labute approximate surface area is 164 Å². The molecule has 2 aromatic carbocycles. The molecule has 2 N–H and O–H groups in total. The summed E-state index contributed by atoms with van der Waals surface area (Å²) in [5.74, 6) is -0.368. The predicted molar refractivity (Wildman–Crippen MR) is 107 cm³/mol. The van der Waals surface area contributed by atoms with Crippen molar-refractivity contribution in [1.29, 1.82) is 0 Å². The van der Waals surface area contributed by atoms with Gasteiger partial charge in [0, 0.05) is 25.4 Å². The van der Waals surface area contributed by atoms with Crippen LogP contribution < -0.4 is 10.0 Å². The topological polar surface area (TPSA) is 84.5 Å². The van der Waals surface area contributed by atoms with Gasteiger partial charge in [0.15, 0.2) is 0 Å². The molecule has 27 heavy (non-hydrogen) atoms. The number of nitrogens with one attached hydrogen (secondary N) is 2. The molecule has 0 aliphatic rings. The Kier molecular flexibility index (Phi) is 7.65. The second-order valence-corrected chi connectivity index (χ2v) is 8.01. The minimum atomic E-state index is -3.75. The highest BCUT2D eigenvalue weighted by molar-refractivity contribution is 7.92. The van der Waals surface area contributed by atoms with Gasteiger partial charge in [-0.3, -0.25) is 9.52 Å². The zero-order chi connectivity index (χ0) is 19.9. The smallest absolute Gasteiger partial charge is 0.261 e. The molecule has 0 radical (unpaired) electrons. The van der Waals surface area contributed by atoms with Crippen LogP contribution >= 0.6 is 11.6 Å². The van der Waals surface area contributed by atoms with Crippen LogP contribution in [0.15, 0.2) is 47.4 Å². The molecular formula is C19H23ClN2O4S. The van der Waals surface area contributed by atoms with Crippen LogP contribution in [-0.2, 0) is 14.8 Å². The van der Waals surface area contributed by atoms with Gasteiger partial charge >= 0.3 is 0 Å². The zero-order valence-electron chi connectivity index (χ0n) is 15.3. The molecule has 0 fully saturated rings. The monoisotopic (exact) mass is 410 g/mol. The van der Waals surface area contributed by atoms with Crippen molar-refractivity contribution in [3.8, 4) is 0 Å². The number of halogens is 1. The molecule has 0 spiro atoms. The summed E-state index contributed by atoms with van der Waals surface area (Å²) in [6, 6.07) is 10.9. The van der Waals surface area contributed by atoms with E-state index in [0.717, 1.165) is 5.56 Å². The lowest BCUT2D eigenvalue weighted by atomic mass is 10.2. The van der Waals surface area contributed by atoms with Gasteiger partial charge in [-0.15, -0.1) is 0 Å². The zero-order valence-corrected chi connectivity index (χ0v) is 16.9. The summed E-state index contributed by atoms with van der Waals surface area (Å²) in [4.78, 5) is 12.5. The third-order valence-electron chi connectivity index (χ3n) is 3.75. The molecule has 6 nitrogen and oxygen atoms in total. The van der Waals surface area contributed by atoms with Crippen LogP contribution in [0.1, 0.15) is 29.3 Å². The Morgan fingerprint density at radius 2 is 1.85 bits per heavy atom. The summed E-state index contributed by atoms with van der Waals surface area (Å²) in [5.41, 5.74) is 1.43. The lowest BCUT2D eigenvalue weighted by molar-refractivity contribution is 0.0944. The molecule has 0 saturated heterocycles. The minimum Gasteiger partial charge on any atom is -0.382 e. The van der Waals surface area contributed by atoms with Gasteiger partial charge in [-0.2, -0.15) is 0 Å². The van der Waals surface area contributed by atoms with E-state index in [0.29, 0.717) is 26.2 Å². The van der Waals surface area contributed by atoms with Crippen molar-refractivity contribution in [2.24, 2.45) is 0 Å². The van der Waals surface area contributed by atoms with E-state index in [1.807, 2.05) is 13.8 Å². The van der Waals surface area contributed by atoms with Crippen LogP contribution in [0.25, 0.3) is 0 Å². The summed E-state index contributed by atoms with van der Waals surface area (Å²) in [6.45, 7) is 5.40. The van der Waals surface area contributed by atoms with E-state index in [2.05, 4.69) is 10.0 Å². The maximum Gasteiger partial charge on any atom is 0.261 e. The largest absolute Gasteiger partial charge is 0.382 e. The van der Waals surface area contributed by atoms with E-state index in [1.54, 1.807) is 12.1 Å². The van der Waals surface area contributed by atoms with E-state index in [4.69, 9.17) is 16.3 Å². The van der Waals surface area contributed by atoms with E-state index >= 15 is 0 Å². The Morgan fingerprint density at radius 1 is 1.15 bits per heavy atom. The molecular weight excluding hydrogens is 388 g/mol. The van der Waals surface area contributed by atoms with Gasteiger partial charge in [0.1, 0.15) is 0 Å². The number of sulfonamides is 1. The Morgan fingerprint density at radius 3 is 2.52 bits per heavy atom. The molecule has 2 rings (SSSR count). The van der Waals surface area contributed by atoms with Crippen LogP contribution in [-0.4, -0.2) is 34.1 Å². The van der Waals surface area contributed by atoms with E-state index in [1.165, 1.54) is 30.3 Å². The number of benzene rings is 2. The summed E-state index contributed by atoms with van der Waals surface area (Å²) in [5, 5.41) is 2.99. The number of aryl methyl sites for hydroxylation is 1. The number of hydrogen-bond acceptors (Lipinski definition) is 4. The summed E-state index contributed by atoms with van der Waals surface area (Å²) >= 11 is 6.10. The highest BCUT2D eigenvalue weighted by Crippen LogP contribution is 2.23. The summed E-state index contributed by atoms with van der Waals surface area (Å²) in [6.07, 6.45) is 0.678. The molecule has 2 aromatic rings. The molecule has 146 valence electrons.